The molecule has 62 heavy (non-hydrogen) atoms. The van der Waals surface area contributed by atoms with Crippen molar-refractivity contribution >= 4 is 68.4 Å². The van der Waals surface area contributed by atoms with Crippen molar-refractivity contribution in [3.63, 3.8) is 0 Å². The number of ether oxygens (including phenoxy) is 4. The summed E-state index contributed by atoms with van der Waals surface area (Å²) in [6, 6.07) is 28.4. The molecule has 0 aliphatic carbocycles. The van der Waals surface area contributed by atoms with Gasteiger partial charge in [-0.15, -0.1) is 0 Å². The number of rotatable bonds is 11. The number of pyridine rings is 2. The Hall–Kier alpha value is -6.44. The summed E-state index contributed by atoms with van der Waals surface area (Å²) in [5.41, 5.74) is 2.17. The number of methoxy groups -OCH3 is 2. The highest BCUT2D eigenvalue weighted by Gasteiger charge is 2.34. The number of benzene rings is 4. The second kappa shape index (κ2) is 17.5. The minimum Gasteiger partial charge on any atom is -0.497 e. The third-order valence-electron chi connectivity index (χ3n) is 10.5. The summed E-state index contributed by atoms with van der Waals surface area (Å²) in [5.74, 6) is 2.12. The summed E-state index contributed by atoms with van der Waals surface area (Å²) in [6.07, 6.45) is 0.919. The third kappa shape index (κ3) is 8.68. The molecule has 1 atom stereocenters. The van der Waals surface area contributed by atoms with Crippen LogP contribution in [-0.2, 0) is 17.8 Å². The van der Waals surface area contributed by atoms with Gasteiger partial charge < -0.3 is 28.7 Å². The molecule has 15 heteroatoms. The molecule has 0 radical (unpaired) electrons. The van der Waals surface area contributed by atoms with Gasteiger partial charge in [0.15, 0.2) is 11.6 Å². The lowest BCUT2D eigenvalue weighted by molar-refractivity contribution is 0.0635. The van der Waals surface area contributed by atoms with Crippen molar-refractivity contribution in [1.82, 2.24) is 19.9 Å². The molecule has 1 aliphatic rings. The second-order valence-corrected chi connectivity index (χ2v) is 16.5. The molecule has 0 bridgehead atoms. The lowest BCUT2D eigenvalue weighted by Gasteiger charge is -2.30. The first-order valence-corrected chi connectivity index (χ1v) is 20.7. The molecule has 1 N–H and O–H groups in total. The van der Waals surface area contributed by atoms with Crippen LogP contribution in [0.5, 0.6) is 17.2 Å². The summed E-state index contributed by atoms with van der Waals surface area (Å²) in [5, 5.41) is 4.34. The predicted octanol–water partition coefficient (Wildman–Crippen LogP) is 11.2. The Morgan fingerprint density at radius 1 is 0.919 bits per heavy atom. The van der Waals surface area contributed by atoms with E-state index in [1.54, 1.807) is 47.3 Å². The van der Waals surface area contributed by atoms with Gasteiger partial charge in [0, 0.05) is 30.2 Å². The quantitative estimate of drug-likeness (QED) is 0.125. The minimum absolute atomic E-state index is 0.0111. The number of nitrogens with one attached hydrogen (secondary N) is 1. The number of fused-ring (bicyclic) bond motifs is 1. The van der Waals surface area contributed by atoms with Crippen molar-refractivity contribution in [2.45, 2.75) is 52.4 Å². The van der Waals surface area contributed by atoms with Crippen LogP contribution in [-0.4, -0.2) is 59.0 Å². The molecule has 4 aromatic carbocycles. The highest BCUT2D eigenvalue weighted by molar-refractivity contribution is 6.37. The van der Waals surface area contributed by atoms with Crippen LogP contribution in [0.3, 0.4) is 0 Å². The van der Waals surface area contributed by atoms with E-state index in [1.165, 1.54) is 0 Å². The fraction of sp³-hybridized carbons (Fsp3) is 0.255. The number of hydrogen-bond donors (Lipinski definition) is 1. The van der Waals surface area contributed by atoms with E-state index >= 15 is 4.39 Å². The first-order chi connectivity index (χ1) is 29.8. The van der Waals surface area contributed by atoms with Gasteiger partial charge in [0.2, 0.25) is 5.28 Å². The Balaban J connectivity index is 1.26. The van der Waals surface area contributed by atoms with Crippen molar-refractivity contribution < 1.29 is 28.1 Å². The number of halogens is 3. The maximum Gasteiger partial charge on any atom is 0.413 e. The van der Waals surface area contributed by atoms with Crippen molar-refractivity contribution in [2.24, 2.45) is 0 Å². The van der Waals surface area contributed by atoms with Gasteiger partial charge in [-0.05, 0) is 92.2 Å². The maximum atomic E-state index is 17.7. The average molecular weight is 877 g/mol. The number of nitrogens with zero attached hydrogens (tertiary/aromatic N) is 6. The van der Waals surface area contributed by atoms with Crippen LogP contribution in [0.15, 0.2) is 97.2 Å². The number of amides is 1. The standard InChI is InChI=1S/C47H44Cl2FN7O5/c1-27(33-12-9-21-51-43(33)54-46(58)62-47(2,3)4)57-22-23-61-42-37-41(53-45(49)55-44(37)57)39(50)36(38(42)48)40-34-11-8-7-10-30(34)24-35(52-40)56(25-28-13-17-31(59-5)18-14-28)26-29-15-19-32(60-6)20-16-29/h7-21,24,27H,22-23,25-26H2,1-6H3,(H,51,54,58)/t27-/m1/s1. The fourth-order valence-electron chi connectivity index (χ4n) is 7.59. The summed E-state index contributed by atoms with van der Waals surface area (Å²) in [7, 11) is 3.26. The van der Waals surface area contributed by atoms with E-state index in [0.717, 1.165) is 28.0 Å². The highest BCUT2D eigenvalue weighted by atomic mass is 35.5. The average Bonchev–Trinajstić information content (AvgIpc) is 3.45. The molecule has 318 valence electrons. The number of anilines is 3. The maximum absolute atomic E-state index is 17.7. The van der Waals surface area contributed by atoms with E-state index in [4.69, 9.17) is 47.1 Å². The van der Waals surface area contributed by atoms with Crippen LogP contribution in [0.25, 0.3) is 32.9 Å². The van der Waals surface area contributed by atoms with Crippen LogP contribution < -0.4 is 29.3 Å². The molecular formula is C47H44Cl2FN7O5. The Morgan fingerprint density at radius 3 is 2.23 bits per heavy atom. The molecule has 0 spiro atoms. The topological polar surface area (TPSA) is 124 Å². The minimum atomic E-state index is -0.738. The lowest BCUT2D eigenvalue weighted by Crippen LogP contribution is -2.32. The second-order valence-electron chi connectivity index (χ2n) is 15.8. The van der Waals surface area contributed by atoms with Crippen molar-refractivity contribution in [2.75, 3.05) is 42.5 Å². The first kappa shape index (κ1) is 42.3. The van der Waals surface area contributed by atoms with Gasteiger partial charge in [0.25, 0.3) is 0 Å². The fourth-order valence-corrected chi connectivity index (χ4v) is 8.08. The molecule has 7 aromatic rings. The van der Waals surface area contributed by atoms with E-state index in [0.29, 0.717) is 47.2 Å². The SMILES string of the molecule is COc1ccc(CN(Cc2ccc(OC)cc2)c2cc3ccccc3c(-c3c(Cl)c4c5c(nc(Cl)nc5c3F)N([C@H](C)c3cccnc3NC(=O)OC(C)(C)C)CCO4)n2)cc1. The number of aromatic nitrogens is 4. The highest BCUT2D eigenvalue weighted by Crippen LogP contribution is 2.49. The summed E-state index contributed by atoms with van der Waals surface area (Å²) < 4.78 is 40.5. The molecule has 0 fully saturated rings. The monoisotopic (exact) mass is 875 g/mol. The molecule has 12 nitrogen and oxygen atoms in total. The molecule has 0 saturated carbocycles. The molecule has 4 heterocycles. The van der Waals surface area contributed by atoms with E-state index < -0.39 is 23.6 Å². The van der Waals surface area contributed by atoms with Crippen molar-refractivity contribution in [3.8, 4) is 28.5 Å². The molecule has 1 aliphatic heterocycles. The van der Waals surface area contributed by atoms with Crippen LogP contribution in [0.2, 0.25) is 10.3 Å². The van der Waals surface area contributed by atoms with Gasteiger partial charge in [0.05, 0.1) is 48.5 Å². The van der Waals surface area contributed by atoms with E-state index in [9.17, 15) is 4.79 Å². The van der Waals surface area contributed by atoms with Gasteiger partial charge in [-0.1, -0.05) is 66.2 Å². The van der Waals surface area contributed by atoms with Gasteiger partial charge in [-0.2, -0.15) is 4.98 Å². The summed E-state index contributed by atoms with van der Waals surface area (Å²) >= 11 is 14.0. The lowest BCUT2D eigenvalue weighted by atomic mass is 10.00. The Kier molecular flexibility index (Phi) is 11.9. The van der Waals surface area contributed by atoms with Gasteiger partial charge >= 0.3 is 6.09 Å². The van der Waals surface area contributed by atoms with Crippen molar-refractivity contribution in [3.05, 3.63) is 130 Å². The zero-order valence-electron chi connectivity index (χ0n) is 35.0. The molecule has 0 saturated heterocycles. The normalized spacial score (nSPS) is 13.0. The van der Waals surface area contributed by atoms with Crippen molar-refractivity contribution in [1.29, 1.82) is 0 Å². The van der Waals surface area contributed by atoms with Crippen LogP contribution >= 0.6 is 23.2 Å². The Bertz CT molecular complexity index is 2740. The smallest absolute Gasteiger partial charge is 0.413 e. The predicted molar refractivity (Wildman–Crippen MR) is 241 cm³/mol. The number of carbonyl (C=O) groups is 1. The Morgan fingerprint density at radius 2 is 1.58 bits per heavy atom. The molecular weight excluding hydrogens is 832 g/mol. The van der Waals surface area contributed by atoms with Crippen LogP contribution in [0.1, 0.15) is 50.4 Å². The number of carbonyl (C=O) groups excluding carboxylic acids is 1. The molecule has 0 unspecified atom stereocenters. The van der Waals surface area contributed by atoms with E-state index in [2.05, 4.69) is 25.2 Å². The molecule has 3 aromatic heterocycles. The molecule has 1 amide bonds. The third-order valence-corrected chi connectivity index (χ3v) is 11.0. The summed E-state index contributed by atoms with van der Waals surface area (Å²) in [4.78, 5) is 35.6. The van der Waals surface area contributed by atoms with Gasteiger partial charge in [0.1, 0.15) is 46.7 Å². The first-order valence-electron chi connectivity index (χ1n) is 20.0. The van der Waals surface area contributed by atoms with Gasteiger partial charge in [-0.3, -0.25) is 5.32 Å². The van der Waals surface area contributed by atoms with E-state index in [1.807, 2.05) is 96.8 Å². The van der Waals surface area contributed by atoms with Crippen LogP contribution in [0.4, 0.5) is 26.6 Å². The zero-order chi connectivity index (χ0) is 43.7. The summed E-state index contributed by atoms with van der Waals surface area (Å²) in [6.45, 7) is 8.61. The zero-order valence-corrected chi connectivity index (χ0v) is 36.5. The molecule has 8 rings (SSSR count). The van der Waals surface area contributed by atoms with Crippen LogP contribution in [0, 0.1) is 5.82 Å². The van der Waals surface area contributed by atoms with Gasteiger partial charge in [-0.25, -0.2) is 24.1 Å². The Labute approximate surface area is 368 Å². The largest absolute Gasteiger partial charge is 0.497 e. The van der Waals surface area contributed by atoms with E-state index in [-0.39, 0.29) is 45.7 Å². The number of hydrogen-bond acceptors (Lipinski definition) is 11.